The summed E-state index contributed by atoms with van der Waals surface area (Å²) in [6.07, 6.45) is -4.72. The van der Waals surface area contributed by atoms with Crippen LogP contribution < -0.4 is 5.84 Å². The number of rotatable bonds is 5. The van der Waals surface area contributed by atoms with Crippen molar-refractivity contribution in [1.82, 2.24) is 19.8 Å². The van der Waals surface area contributed by atoms with Gasteiger partial charge in [0.25, 0.3) is 5.82 Å². The number of benzene rings is 1. The Kier molecular flexibility index (Phi) is 5.55. The van der Waals surface area contributed by atoms with Crippen molar-refractivity contribution in [2.24, 2.45) is 0 Å². The SMILES string of the molecule is CC(c1ccc(F)cc1)N(C)C(=O)CSc1nnc(C(F)(F)F)n1N. The largest absolute Gasteiger partial charge is 0.453 e. The second-order valence-corrected chi connectivity index (χ2v) is 6.14. The third-order valence-corrected chi connectivity index (χ3v) is 4.50. The molecule has 1 heterocycles. The summed E-state index contributed by atoms with van der Waals surface area (Å²) in [6, 6.07) is 5.35. The van der Waals surface area contributed by atoms with E-state index in [0.29, 0.717) is 4.68 Å². The van der Waals surface area contributed by atoms with Crippen molar-refractivity contribution in [1.29, 1.82) is 0 Å². The highest BCUT2D eigenvalue weighted by molar-refractivity contribution is 7.99. The van der Waals surface area contributed by atoms with Gasteiger partial charge in [-0.15, -0.1) is 10.2 Å². The lowest BCUT2D eigenvalue weighted by Crippen LogP contribution is -2.31. The van der Waals surface area contributed by atoms with Crippen LogP contribution in [-0.2, 0) is 11.0 Å². The maximum Gasteiger partial charge on any atom is 0.453 e. The Labute approximate surface area is 145 Å². The molecule has 0 bridgehead atoms. The normalized spacial score (nSPS) is 12.9. The van der Waals surface area contributed by atoms with E-state index < -0.39 is 12.0 Å². The Bertz CT molecular complexity index is 747. The van der Waals surface area contributed by atoms with E-state index in [-0.39, 0.29) is 28.7 Å². The number of nitrogens with zero attached hydrogens (tertiary/aromatic N) is 4. The molecule has 0 aliphatic heterocycles. The predicted octanol–water partition coefficient (Wildman–Crippen LogP) is 2.46. The van der Waals surface area contributed by atoms with Crippen LogP contribution in [0.15, 0.2) is 29.4 Å². The van der Waals surface area contributed by atoms with E-state index in [1.807, 2.05) is 0 Å². The molecular formula is C14H15F4N5OS. The Morgan fingerprint density at radius 1 is 1.32 bits per heavy atom. The number of carbonyl (C=O) groups excluding carboxylic acids is 1. The van der Waals surface area contributed by atoms with Crippen LogP contribution in [0.25, 0.3) is 0 Å². The lowest BCUT2D eigenvalue weighted by atomic mass is 10.1. The van der Waals surface area contributed by atoms with Crippen molar-refractivity contribution in [2.45, 2.75) is 24.3 Å². The van der Waals surface area contributed by atoms with Crippen molar-refractivity contribution < 1.29 is 22.4 Å². The number of nitrogen functional groups attached to an aromatic ring is 1. The summed E-state index contributed by atoms with van der Waals surface area (Å²) in [4.78, 5) is 13.6. The molecule has 1 unspecified atom stereocenters. The van der Waals surface area contributed by atoms with Crippen LogP contribution in [0.5, 0.6) is 0 Å². The van der Waals surface area contributed by atoms with Crippen molar-refractivity contribution in [3.8, 4) is 0 Å². The average molecular weight is 377 g/mol. The highest BCUT2D eigenvalue weighted by Gasteiger charge is 2.38. The molecule has 2 N–H and O–H groups in total. The minimum atomic E-state index is -4.72. The maximum atomic E-state index is 13.0. The van der Waals surface area contributed by atoms with Gasteiger partial charge in [-0.25, -0.2) is 9.07 Å². The minimum Gasteiger partial charge on any atom is -0.338 e. The molecule has 136 valence electrons. The Morgan fingerprint density at radius 3 is 2.44 bits per heavy atom. The van der Waals surface area contributed by atoms with Gasteiger partial charge in [0.05, 0.1) is 11.8 Å². The lowest BCUT2D eigenvalue weighted by molar-refractivity contribution is -0.146. The molecule has 1 aromatic carbocycles. The fourth-order valence-corrected chi connectivity index (χ4v) is 2.76. The predicted molar refractivity (Wildman–Crippen MR) is 83.5 cm³/mol. The van der Waals surface area contributed by atoms with Gasteiger partial charge in [0.15, 0.2) is 0 Å². The minimum absolute atomic E-state index is 0.171. The van der Waals surface area contributed by atoms with E-state index in [1.54, 1.807) is 26.1 Å². The molecule has 11 heteroatoms. The Hall–Kier alpha value is -2.30. The molecule has 6 nitrogen and oxygen atoms in total. The van der Waals surface area contributed by atoms with E-state index in [9.17, 15) is 22.4 Å². The summed E-state index contributed by atoms with van der Waals surface area (Å²) in [5.74, 6) is 3.06. The molecule has 25 heavy (non-hydrogen) atoms. The van der Waals surface area contributed by atoms with Crippen molar-refractivity contribution in [3.63, 3.8) is 0 Å². The summed E-state index contributed by atoms with van der Waals surface area (Å²) in [5.41, 5.74) is 0.726. The van der Waals surface area contributed by atoms with Crippen LogP contribution in [0.4, 0.5) is 17.6 Å². The Morgan fingerprint density at radius 2 is 1.92 bits per heavy atom. The number of hydrogen-bond donors (Lipinski definition) is 1. The van der Waals surface area contributed by atoms with Gasteiger partial charge >= 0.3 is 6.18 Å². The lowest BCUT2D eigenvalue weighted by Gasteiger charge is -2.25. The molecule has 0 spiro atoms. The van der Waals surface area contributed by atoms with Gasteiger partial charge in [0.2, 0.25) is 11.1 Å². The summed E-state index contributed by atoms with van der Waals surface area (Å²) < 4.78 is 51.0. The molecule has 1 aromatic heterocycles. The van der Waals surface area contributed by atoms with Gasteiger partial charge in [0, 0.05) is 7.05 Å². The first-order valence-electron chi connectivity index (χ1n) is 7.03. The van der Waals surface area contributed by atoms with E-state index in [1.165, 1.54) is 17.0 Å². The zero-order valence-electron chi connectivity index (χ0n) is 13.3. The van der Waals surface area contributed by atoms with Crippen molar-refractivity contribution >= 4 is 17.7 Å². The second-order valence-electron chi connectivity index (χ2n) is 5.19. The van der Waals surface area contributed by atoms with E-state index in [2.05, 4.69) is 10.2 Å². The number of halogens is 4. The summed E-state index contributed by atoms with van der Waals surface area (Å²) in [6.45, 7) is 1.75. The molecule has 0 aliphatic carbocycles. The fraction of sp³-hybridized carbons (Fsp3) is 0.357. The highest BCUT2D eigenvalue weighted by Crippen LogP contribution is 2.29. The van der Waals surface area contributed by atoms with Crippen LogP contribution in [0.2, 0.25) is 0 Å². The zero-order valence-corrected chi connectivity index (χ0v) is 14.1. The van der Waals surface area contributed by atoms with Crippen molar-refractivity contribution in [2.75, 3.05) is 18.6 Å². The standard InChI is InChI=1S/C14H15F4N5OS/c1-8(9-3-5-10(15)6-4-9)22(2)11(24)7-25-13-21-20-12(23(13)19)14(16,17)18/h3-6,8H,7,19H2,1-2H3. The number of thioether (sulfide) groups is 1. The highest BCUT2D eigenvalue weighted by atomic mass is 32.2. The number of amides is 1. The van der Waals surface area contributed by atoms with Crippen LogP contribution in [0.1, 0.15) is 24.4 Å². The van der Waals surface area contributed by atoms with E-state index >= 15 is 0 Å². The number of hydrogen-bond acceptors (Lipinski definition) is 5. The first-order valence-corrected chi connectivity index (χ1v) is 8.01. The van der Waals surface area contributed by atoms with Gasteiger partial charge in [-0.1, -0.05) is 23.9 Å². The quantitative estimate of drug-likeness (QED) is 0.492. The zero-order chi connectivity index (χ0) is 18.8. The molecular weight excluding hydrogens is 362 g/mol. The van der Waals surface area contributed by atoms with Gasteiger partial charge in [0.1, 0.15) is 5.82 Å². The third-order valence-electron chi connectivity index (χ3n) is 3.57. The molecule has 0 fully saturated rings. The van der Waals surface area contributed by atoms with Gasteiger partial charge < -0.3 is 10.7 Å². The second kappa shape index (κ2) is 7.30. The Balaban J connectivity index is 2.00. The summed E-state index contributed by atoms with van der Waals surface area (Å²) >= 11 is 0.749. The topological polar surface area (TPSA) is 77.0 Å². The van der Waals surface area contributed by atoms with Crippen molar-refractivity contribution in [3.05, 3.63) is 41.5 Å². The van der Waals surface area contributed by atoms with E-state index in [4.69, 9.17) is 5.84 Å². The van der Waals surface area contributed by atoms with E-state index in [0.717, 1.165) is 17.3 Å². The molecule has 0 aliphatic rings. The van der Waals surface area contributed by atoms with Crippen LogP contribution in [0, 0.1) is 5.82 Å². The van der Waals surface area contributed by atoms with Gasteiger partial charge in [-0.2, -0.15) is 13.2 Å². The van der Waals surface area contributed by atoms with Crippen LogP contribution >= 0.6 is 11.8 Å². The molecule has 0 saturated heterocycles. The summed E-state index contributed by atoms with van der Waals surface area (Å²) in [7, 11) is 1.55. The van der Waals surface area contributed by atoms with Crippen LogP contribution in [0.3, 0.4) is 0 Å². The average Bonchev–Trinajstić information content (AvgIpc) is 2.93. The third kappa shape index (κ3) is 4.41. The smallest absolute Gasteiger partial charge is 0.338 e. The first kappa shape index (κ1) is 19.0. The molecule has 0 radical (unpaired) electrons. The monoisotopic (exact) mass is 377 g/mol. The number of carbonyl (C=O) groups is 1. The number of aromatic nitrogens is 3. The molecule has 2 rings (SSSR count). The van der Waals surface area contributed by atoms with Crippen LogP contribution in [-0.4, -0.2) is 38.5 Å². The summed E-state index contributed by atoms with van der Waals surface area (Å²) in [5, 5.41) is 6.11. The molecule has 1 atom stereocenters. The first-order chi connectivity index (χ1) is 11.6. The van der Waals surface area contributed by atoms with Gasteiger partial charge in [-0.3, -0.25) is 4.79 Å². The number of nitrogens with two attached hydrogens (primary N) is 1. The van der Waals surface area contributed by atoms with Gasteiger partial charge in [-0.05, 0) is 24.6 Å². The molecule has 2 aromatic rings. The number of alkyl halides is 3. The maximum absolute atomic E-state index is 13.0. The fourth-order valence-electron chi connectivity index (χ4n) is 1.98. The molecule has 1 amide bonds. The molecule has 0 saturated carbocycles.